The first-order valence-electron chi connectivity index (χ1n) is 3.71. The molecule has 0 rings (SSSR count). The largest absolute Gasteiger partial charge is 0.303 e. The standard InChI is InChI=1S/2C5H8O/c2*1-5(2)3-4-6/h3-4H,1-2H3;4H,1,3H2,2H3. The number of hydrogen-bond donors (Lipinski definition) is 0. The number of carbonyl (C=O) groups is 2. The van der Waals surface area contributed by atoms with E-state index >= 15 is 0 Å². The zero-order valence-corrected chi connectivity index (χ0v) is 7.96. The van der Waals surface area contributed by atoms with Crippen LogP contribution in [0.5, 0.6) is 0 Å². The summed E-state index contributed by atoms with van der Waals surface area (Å²) < 4.78 is 0. The summed E-state index contributed by atoms with van der Waals surface area (Å²) >= 11 is 0. The molecule has 0 unspecified atom stereocenters. The lowest BCUT2D eigenvalue weighted by Gasteiger charge is -1.79. The van der Waals surface area contributed by atoms with Gasteiger partial charge in [0.1, 0.15) is 12.6 Å². The minimum atomic E-state index is 0.500. The van der Waals surface area contributed by atoms with E-state index in [0.29, 0.717) is 6.42 Å². The Kier molecular flexibility index (Phi) is 11.0. The van der Waals surface area contributed by atoms with Crippen molar-refractivity contribution in [3.8, 4) is 0 Å². The molecular weight excluding hydrogens is 152 g/mol. The molecule has 0 heterocycles. The predicted molar refractivity (Wildman–Crippen MR) is 51.0 cm³/mol. The molecule has 0 spiro atoms. The van der Waals surface area contributed by atoms with E-state index < -0.39 is 0 Å². The highest BCUT2D eigenvalue weighted by Crippen LogP contribution is 1.87. The first-order valence-corrected chi connectivity index (χ1v) is 3.71. The van der Waals surface area contributed by atoms with Crippen LogP contribution in [-0.2, 0) is 9.59 Å². The quantitative estimate of drug-likeness (QED) is 0.368. The Labute approximate surface area is 74.0 Å². The second-order valence-corrected chi connectivity index (χ2v) is 2.71. The zero-order valence-electron chi connectivity index (χ0n) is 7.96. The molecule has 0 saturated heterocycles. The minimum Gasteiger partial charge on any atom is -0.303 e. The van der Waals surface area contributed by atoms with Gasteiger partial charge in [-0.15, -0.1) is 0 Å². The number of rotatable bonds is 3. The van der Waals surface area contributed by atoms with Gasteiger partial charge in [-0.25, -0.2) is 0 Å². The van der Waals surface area contributed by atoms with E-state index in [1.165, 1.54) is 6.08 Å². The summed E-state index contributed by atoms with van der Waals surface area (Å²) in [4.78, 5) is 19.1. The van der Waals surface area contributed by atoms with Gasteiger partial charge in [0.2, 0.25) is 0 Å². The van der Waals surface area contributed by atoms with Gasteiger partial charge in [-0.1, -0.05) is 17.7 Å². The van der Waals surface area contributed by atoms with E-state index in [1.807, 2.05) is 20.8 Å². The fourth-order valence-electron chi connectivity index (χ4n) is 0.278. The van der Waals surface area contributed by atoms with Crippen LogP contribution in [-0.4, -0.2) is 12.6 Å². The van der Waals surface area contributed by atoms with Gasteiger partial charge in [-0.3, -0.25) is 4.79 Å². The molecule has 0 aliphatic carbocycles. The Balaban J connectivity index is 0. The maximum atomic E-state index is 9.55. The van der Waals surface area contributed by atoms with E-state index in [1.54, 1.807) is 0 Å². The lowest BCUT2D eigenvalue weighted by atomic mass is 10.3. The van der Waals surface area contributed by atoms with Crippen molar-refractivity contribution in [3.63, 3.8) is 0 Å². The molecule has 0 aromatic heterocycles. The normalized spacial score (nSPS) is 7.25. The molecule has 0 aliphatic heterocycles. The average molecular weight is 168 g/mol. The van der Waals surface area contributed by atoms with Crippen LogP contribution in [0.4, 0.5) is 0 Å². The molecule has 0 amide bonds. The van der Waals surface area contributed by atoms with Gasteiger partial charge in [0, 0.05) is 6.42 Å². The van der Waals surface area contributed by atoms with Crippen LogP contribution < -0.4 is 0 Å². The Hall–Kier alpha value is -1.18. The lowest BCUT2D eigenvalue weighted by molar-refractivity contribution is -0.107. The molecule has 2 nitrogen and oxygen atoms in total. The molecule has 12 heavy (non-hydrogen) atoms. The third-order valence-corrected chi connectivity index (χ3v) is 0.833. The summed E-state index contributed by atoms with van der Waals surface area (Å²) in [5.74, 6) is 0. The number of hydrogen-bond acceptors (Lipinski definition) is 2. The van der Waals surface area contributed by atoms with Gasteiger partial charge in [0.15, 0.2) is 0 Å². The Bertz CT molecular complexity index is 174. The molecule has 2 heteroatoms. The maximum Gasteiger partial charge on any atom is 0.142 e. The van der Waals surface area contributed by atoms with Gasteiger partial charge in [-0.05, 0) is 26.8 Å². The van der Waals surface area contributed by atoms with Crippen LogP contribution in [0, 0.1) is 0 Å². The first kappa shape index (κ1) is 13.4. The highest BCUT2D eigenvalue weighted by molar-refractivity contribution is 5.65. The van der Waals surface area contributed by atoms with Gasteiger partial charge in [0.05, 0.1) is 0 Å². The van der Waals surface area contributed by atoms with Crippen LogP contribution >= 0.6 is 0 Å². The van der Waals surface area contributed by atoms with E-state index in [9.17, 15) is 9.59 Å². The van der Waals surface area contributed by atoms with Crippen LogP contribution in [0.3, 0.4) is 0 Å². The highest BCUT2D eigenvalue weighted by Gasteiger charge is 1.75. The molecule has 0 atom stereocenters. The Morgan fingerprint density at radius 3 is 1.75 bits per heavy atom. The van der Waals surface area contributed by atoms with Crippen molar-refractivity contribution in [1.82, 2.24) is 0 Å². The number of aldehydes is 2. The minimum absolute atomic E-state index is 0.500. The molecule has 0 aromatic rings. The molecule has 0 aromatic carbocycles. The van der Waals surface area contributed by atoms with Crippen LogP contribution in [0.25, 0.3) is 0 Å². The fourth-order valence-corrected chi connectivity index (χ4v) is 0.278. The van der Waals surface area contributed by atoms with Gasteiger partial charge < -0.3 is 4.79 Å². The SMILES string of the molecule is C=C(C)CC=O.CC(C)=CC=O. The summed E-state index contributed by atoms with van der Waals surface area (Å²) in [7, 11) is 0. The second-order valence-electron chi connectivity index (χ2n) is 2.71. The van der Waals surface area contributed by atoms with Gasteiger partial charge >= 0.3 is 0 Å². The van der Waals surface area contributed by atoms with Crippen molar-refractivity contribution in [2.24, 2.45) is 0 Å². The molecule has 68 valence electrons. The topological polar surface area (TPSA) is 34.1 Å². The Morgan fingerprint density at radius 2 is 1.75 bits per heavy atom. The van der Waals surface area contributed by atoms with E-state index in [4.69, 9.17) is 0 Å². The molecule has 0 aliphatic rings. The molecule has 0 saturated carbocycles. The fraction of sp³-hybridized carbons (Fsp3) is 0.400. The highest BCUT2D eigenvalue weighted by atomic mass is 16.1. The van der Waals surface area contributed by atoms with Crippen LogP contribution in [0.1, 0.15) is 27.2 Å². The molecule has 0 radical (unpaired) electrons. The zero-order chi connectivity index (χ0) is 9.98. The summed E-state index contributed by atoms with van der Waals surface area (Å²) in [6.45, 7) is 9.11. The smallest absolute Gasteiger partial charge is 0.142 e. The molecular formula is C10H16O2. The molecule has 0 fully saturated rings. The van der Waals surface area contributed by atoms with E-state index in [0.717, 1.165) is 23.7 Å². The summed E-state index contributed by atoms with van der Waals surface area (Å²) in [5.41, 5.74) is 1.97. The Morgan fingerprint density at radius 1 is 1.25 bits per heavy atom. The van der Waals surface area contributed by atoms with Crippen molar-refractivity contribution in [2.75, 3.05) is 0 Å². The monoisotopic (exact) mass is 168 g/mol. The van der Waals surface area contributed by atoms with Gasteiger partial charge in [0.25, 0.3) is 0 Å². The van der Waals surface area contributed by atoms with Crippen molar-refractivity contribution in [2.45, 2.75) is 27.2 Å². The van der Waals surface area contributed by atoms with E-state index in [2.05, 4.69) is 6.58 Å². The number of carbonyl (C=O) groups excluding carboxylic acids is 2. The van der Waals surface area contributed by atoms with Crippen molar-refractivity contribution in [3.05, 3.63) is 23.8 Å². The third-order valence-electron chi connectivity index (χ3n) is 0.833. The number of allylic oxidation sites excluding steroid dienone is 3. The maximum absolute atomic E-state index is 9.55. The van der Waals surface area contributed by atoms with E-state index in [-0.39, 0.29) is 0 Å². The summed E-state index contributed by atoms with van der Waals surface area (Å²) in [5, 5.41) is 0. The van der Waals surface area contributed by atoms with Crippen LogP contribution in [0.15, 0.2) is 23.8 Å². The van der Waals surface area contributed by atoms with Crippen molar-refractivity contribution >= 4 is 12.6 Å². The first-order chi connectivity index (χ1) is 5.54. The van der Waals surface area contributed by atoms with Crippen molar-refractivity contribution < 1.29 is 9.59 Å². The predicted octanol–water partition coefficient (Wildman–Crippen LogP) is 2.30. The van der Waals surface area contributed by atoms with Gasteiger partial charge in [-0.2, -0.15) is 0 Å². The molecule has 0 N–H and O–H groups in total. The average Bonchev–Trinajstić information content (AvgIpc) is 1.87. The van der Waals surface area contributed by atoms with Crippen LogP contribution in [0.2, 0.25) is 0 Å². The van der Waals surface area contributed by atoms with Crippen molar-refractivity contribution in [1.29, 1.82) is 0 Å². The molecule has 0 bridgehead atoms. The summed E-state index contributed by atoms with van der Waals surface area (Å²) in [6, 6.07) is 0. The second kappa shape index (κ2) is 9.82. The third kappa shape index (κ3) is 23.2. The summed E-state index contributed by atoms with van der Waals surface area (Å²) in [6.07, 6.45) is 3.66. The lowest BCUT2D eigenvalue weighted by Crippen LogP contribution is -1.71.